The van der Waals surface area contributed by atoms with E-state index in [4.69, 9.17) is 0 Å². The molecule has 0 aliphatic carbocycles. The van der Waals surface area contributed by atoms with E-state index in [1.165, 1.54) is 0 Å². The smallest absolute Gasteiger partial charge is 0.0887 e. The van der Waals surface area contributed by atoms with Gasteiger partial charge in [-0.25, -0.2) is 0 Å². The third kappa shape index (κ3) is 2.91. The van der Waals surface area contributed by atoms with E-state index in [2.05, 4.69) is 45.6 Å². The molecule has 0 spiro atoms. The summed E-state index contributed by atoms with van der Waals surface area (Å²) in [5, 5.41) is 2.54. The van der Waals surface area contributed by atoms with Crippen LogP contribution in [0.5, 0.6) is 0 Å². The Hall–Kier alpha value is -2.23. The third-order valence-corrected chi connectivity index (χ3v) is 2.37. The number of pyridine rings is 2. The third-order valence-electron chi connectivity index (χ3n) is 2.26. The van der Waals surface area contributed by atoms with E-state index in [1.54, 1.807) is 19.3 Å². The molecule has 0 aliphatic rings. The normalized spacial score (nSPS) is 8.78. The number of hydrogen-bond acceptors (Lipinski definition) is 3. The molecule has 0 saturated carbocycles. The Morgan fingerprint density at radius 3 is 1.83 bits per heavy atom. The van der Waals surface area contributed by atoms with Crippen LogP contribution in [-0.2, 0) is 0 Å². The molecule has 0 N–H and O–H groups in total. The minimum Gasteiger partial charge on any atom is -0.253 e. The lowest BCUT2D eigenvalue weighted by molar-refractivity contribution is 1.24. The van der Waals surface area contributed by atoms with Crippen LogP contribution >= 0.6 is 12.6 Å². The van der Waals surface area contributed by atoms with E-state index in [9.17, 15) is 0 Å². The van der Waals surface area contributed by atoms with E-state index < -0.39 is 0 Å². The van der Waals surface area contributed by atoms with Crippen LogP contribution in [0.4, 0.5) is 0 Å². The highest BCUT2D eigenvalue weighted by molar-refractivity contribution is 7.85. The molecule has 18 heavy (non-hydrogen) atoms. The van der Waals surface area contributed by atoms with Gasteiger partial charge in [0, 0.05) is 23.5 Å². The number of nitrogens with zero attached hydrogens (tertiary/aromatic N) is 2. The highest BCUT2D eigenvalue weighted by Gasteiger charge is 2.00. The summed E-state index contributed by atoms with van der Waals surface area (Å²) in [6.07, 6.45) is 3.45. The molecule has 3 heteroatoms. The van der Waals surface area contributed by atoms with Crippen molar-refractivity contribution in [3.63, 3.8) is 0 Å². The molecule has 2 heterocycles. The molecule has 0 amide bonds. The van der Waals surface area contributed by atoms with Crippen LogP contribution < -0.4 is 0 Å². The number of rotatable bonds is 1. The summed E-state index contributed by atoms with van der Waals surface area (Å²) in [6.45, 7) is 1.80. The first-order valence-electron chi connectivity index (χ1n) is 5.34. The minimum atomic E-state index is 0.815. The quantitative estimate of drug-likeness (QED) is 0.622. The van der Waals surface area contributed by atoms with E-state index in [0.717, 1.165) is 22.5 Å². The molecule has 0 unspecified atom stereocenters. The first kappa shape index (κ1) is 12.2. The largest absolute Gasteiger partial charge is 0.253 e. The van der Waals surface area contributed by atoms with Gasteiger partial charge in [-0.15, -0.1) is 5.92 Å². The first-order valence-corrected chi connectivity index (χ1v) is 5.78. The zero-order chi connectivity index (χ0) is 12.8. The maximum atomic E-state index is 4.33. The van der Waals surface area contributed by atoms with Crippen molar-refractivity contribution in [2.45, 2.75) is 6.92 Å². The summed E-state index contributed by atoms with van der Waals surface area (Å²) in [4.78, 5) is 8.64. The fourth-order valence-corrected chi connectivity index (χ4v) is 1.58. The van der Waals surface area contributed by atoms with E-state index in [1.807, 2.05) is 24.3 Å². The standard InChI is InChI=1S/C15H10N2S/c1-2-3-12-4-6-14(16-10-12)15-7-5-13(8-9-18)11-17-15/h4-7,10-11,18H,1H3. The summed E-state index contributed by atoms with van der Waals surface area (Å²) in [5.74, 6) is 8.61. The molecule has 2 nitrogen and oxygen atoms in total. The van der Waals surface area contributed by atoms with Gasteiger partial charge in [-0.3, -0.25) is 9.97 Å². The maximum Gasteiger partial charge on any atom is 0.0887 e. The number of aromatic nitrogens is 2. The van der Waals surface area contributed by atoms with Crippen LogP contribution in [0.3, 0.4) is 0 Å². The molecule has 86 valence electrons. The van der Waals surface area contributed by atoms with Crippen LogP contribution in [0.15, 0.2) is 36.7 Å². The monoisotopic (exact) mass is 250 g/mol. The number of thiol groups is 1. The van der Waals surface area contributed by atoms with Crippen molar-refractivity contribution >= 4 is 12.6 Å². The summed E-state index contributed by atoms with van der Waals surface area (Å²) in [6, 6.07) is 7.63. The van der Waals surface area contributed by atoms with Gasteiger partial charge < -0.3 is 0 Å². The summed E-state index contributed by atoms with van der Waals surface area (Å²) in [5.41, 5.74) is 3.37. The van der Waals surface area contributed by atoms with Crippen LogP contribution in [0.1, 0.15) is 18.1 Å². The molecule has 0 saturated heterocycles. The van der Waals surface area contributed by atoms with Crippen molar-refractivity contribution < 1.29 is 0 Å². The van der Waals surface area contributed by atoms with Gasteiger partial charge in [-0.2, -0.15) is 0 Å². The van der Waals surface area contributed by atoms with Crippen LogP contribution in [0.25, 0.3) is 11.4 Å². The van der Waals surface area contributed by atoms with Gasteiger partial charge in [0.05, 0.1) is 11.4 Å². The Bertz CT molecular complexity index is 589. The number of hydrogen-bond donors (Lipinski definition) is 1. The van der Waals surface area contributed by atoms with E-state index in [-0.39, 0.29) is 0 Å². The molecule has 0 bridgehead atoms. The minimum absolute atomic E-state index is 0.815. The van der Waals surface area contributed by atoms with Gasteiger partial charge in [0.15, 0.2) is 0 Å². The molecule has 2 rings (SSSR count). The lowest BCUT2D eigenvalue weighted by Gasteiger charge is -2.00. The lowest BCUT2D eigenvalue weighted by atomic mass is 10.2. The van der Waals surface area contributed by atoms with Gasteiger partial charge in [0.25, 0.3) is 0 Å². The van der Waals surface area contributed by atoms with Crippen molar-refractivity contribution in [3.05, 3.63) is 47.8 Å². The molecular formula is C15H10N2S. The second-order valence-electron chi connectivity index (χ2n) is 3.48. The Labute approximate surface area is 112 Å². The Kier molecular flexibility index (Phi) is 4.02. The predicted octanol–water partition coefficient (Wildman–Crippen LogP) is 2.75. The molecule has 0 atom stereocenters. The summed E-state index contributed by atoms with van der Waals surface area (Å²) < 4.78 is 0. The highest BCUT2D eigenvalue weighted by Crippen LogP contribution is 2.14. The van der Waals surface area contributed by atoms with Crippen molar-refractivity contribution in [3.8, 4) is 34.4 Å². The second-order valence-corrected chi connectivity index (χ2v) is 3.70. The van der Waals surface area contributed by atoms with Gasteiger partial charge >= 0.3 is 0 Å². The van der Waals surface area contributed by atoms with Crippen molar-refractivity contribution in [1.82, 2.24) is 9.97 Å². The predicted molar refractivity (Wildman–Crippen MR) is 75.9 cm³/mol. The average Bonchev–Trinajstić information content (AvgIpc) is 2.41. The van der Waals surface area contributed by atoms with Crippen molar-refractivity contribution in [1.29, 1.82) is 0 Å². The maximum absolute atomic E-state index is 4.33. The zero-order valence-corrected chi connectivity index (χ0v) is 10.7. The fraction of sp³-hybridized carbons (Fsp3) is 0.0667. The highest BCUT2D eigenvalue weighted by atomic mass is 32.1. The van der Waals surface area contributed by atoms with Gasteiger partial charge in [0.1, 0.15) is 0 Å². The van der Waals surface area contributed by atoms with Crippen LogP contribution in [0.2, 0.25) is 0 Å². The summed E-state index contributed by atoms with van der Waals surface area (Å²) >= 11 is 3.84. The first-order chi connectivity index (χ1) is 8.83. The molecule has 2 aromatic heterocycles. The molecule has 0 radical (unpaired) electrons. The van der Waals surface area contributed by atoms with E-state index >= 15 is 0 Å². The Morgan fingerprint density at radius 1 is 0.889 bits per heavy atom. The van der Waals surface area contributed by atoms with Crippen molar-refractivity contribution in [2.24, 2.45) is 0 Å². The molecule has 0 fully saturated rings. The van der Waals surface area contributed by atoms with Crippen LogP contribution in [0, 0.1) is 23.0 Å². The lowest BCUT2D eigenvalue weighted by Crippen LogP contribution is -1.88. The zero-order valence-electron chi connectivity index (χ0n) is 9.81. The molecule has 0 aliphatic heterocycles. The Morgan fingerprint density at radius 2 is 1.44 bits per heavy atom. The second kappa shape index (κ2) is 5.91. The topological polar surface area (TPSA) is 25.8 Å². The summed E-state index contributed by atoms with van der Waals surface area (Å²) in [7, 11) is 0. The Balaban J connectivity index is 2.29. The van der Waals surface area contributed by atoms with Gasteiger partial charge in [-0.1, -0.05) is 24.5 Å². The molecule has 2 aromatic rings. The van der Waals surface area contributed by atoms with Crippen molar-refractivity contribution in [2.75, 3.05) is 0 Å². The van der Waals surface area contributed by atoms with Gasteiger partial charge in [0.2, 0.25) is 0 Å². The van der Waals surface area contributed by atoms with Crippen LogP contribution in [-0.4, -0.2) is 9.97 Å². The van der Waals surface area contributed by atoms with E-state index in [0.29, 0.717) is 0 Å². The molecule has 0 aromatic carbocycles. The fourth-order valence-electron chi connectivity index (χ4n) is 1.45. The average molecular weight is 250 g/mol. The SMILES string of the molecule is CC#Cc1ccc(-c2ccc(C#CS)cn2)nc1. The molecular weight excluding hydrogens is 240 g/mol. The van der Waals surface area contributed by atoms with Gasteiger partial charge in [-0.05, 0) is 36.4 Å².